The molecule has 1 aromatic rings. The second-order valence-corrected chi connectivity index (χ2v) is 5.74. The van der Waals surface area contributed by atoms with Crippen LogP contribution in [0.25, 0.3) is 0 Å². The molecule has 0 aliphatic rings. The summed E-state index contributed by atoms with van der Waals surface area (Å²) in [4.78, 5) is 4.13. The molecule has 0 unspecified atom stereocenters. The first-order valence-corrected chi connectivity index (χ1v) is 6.73. The zero-order valence-corrected chi connectivity index (χ0v) is 9.44. The number of rotatable bonds is 4. The number of thioether (sulfide) groups is 1. The lowest BCUT2D eigenvalue weighted by Gasteiger charge is -1.99. The van der Waals surface area contributed by atoms with Gasteiger partial charge in [-0.2, -0.15) is 0 Å². The number of sulfonamides is 1. The van der Waals surface area contributed by atoms with E-state index in [1.807, 2.05) is 19.1 Å². The molecule has 0 radical (unpaired) electrons. The summed E-state index contributed by atoms with van der Waals surface area (Å²) in [5, 5.41) is 5.68. The monoisotopic (exact) mass is 232 g/mol. The first-order valence-electron chi connectivity index (χ1n) is 4.03. The molecule has 0 saturated heterocycles. The minimum Gasteiger partial charge on any atom is -0.250 e. The van der Waals surface area contributed by atoms with Gasteiger partial charge in [0, 0.05) is 11.9 Å². The highest BCUT2D eigenvalue weighted by Crippen LogP contribution is 2.14. The van der Waals surface area contributed by atoms with Crippen LogP contribution in [0.5, 0.6) is 0 Å². The fraction of sp³-hybridized carbons (Fsp3) is 0.375. The van der Waals surface area contributed by atoms with Gasteiger partial charge < -0.3 is 0 Å². The van der Waals surface area contributed by atoms with E-state index >= 15 is 0 Å². The van der Waals surface area contributed by atoms with E-state index in [2.05, 4.69) is 4.98 Å². The summed E-state index contributed by atoms with van der Waals surface area (Å²) >= 11 is 1.39. The van der Waals surface area contributed by atoms with Crippen molar-refractivity contribution in [2.75, 3.05) is 11.5 Å². The normalized spacial score (nSPS) is 11.6. The maximum atomic E-state index is 10.6. The summed E-state index contributed by atoms with van der Waals surface area (Å²) in [6.07, 6.45) is 1.75. The van der Waals surface area contributed by atoms with Crippen LogP contribution in [0.3, 0.4) is 0 Å². The van der Waals surface area contributed by atoms with Crippen molar-refractivity contribution in [2.24, 2.45) is 5.14 Å². The predicted octanol–water partition coefficient (Wildman–Crippen LogP) is 0.771. The zero-order valence-electron chi connectivity index (χ0n) is 7.80. The van der Waals surface area contributed by atoms with E-state index in [0.29, 0.717) is 5.75 Å². The summed E-state index contributed by atoms with van der Waals surface area (Å²) < 4.78 is 21.2. The van der Waals surface area contributed by atoms with Gasteiger partial charge in [-0.15, -0.1) is 11.8 Å². The maximum absolute atomic E-state index is 10.6. The first kappa shape index (κ1) is 11.5. The fourth-order valence-electron chi connectivity index (χ4n) is 0.802. The highest BCUT2D eigenvalue weighted by atomic mass is 32.2. The summed E-state index contributed by atoms with van der Waals surface area (Å²) in [6.45, 7) is 1.95. The Balaban J connectivity index is 2.43. The Morgan fingerprint density at radius 1 is 1.50 bits per heavy atom. The molecule has 0 saturated carbocycles. The first-order chi connectivity index (χ1) is 6.47. The Kier molecular flexibility index (Phi) is 3.91. The Morgan fingerprint density at radius 3 is 2.71 bits per heavy atom. The molecular formula is C8H12N2O2S2. The van der Waals surface area contributed by atoms with E-state index in [1.54, 1.807) is 6.20 Å². The summed E-state index contributed by atoms with van der Waals surface area (Å²) in [5.74, 6) is 0.419. The van der Waals surface area contributed by atoms with Gasteiger partial charge in [0.2, 0.25) is 10.0 Å². The molecule has 0 bridgehead atoms. The third kappa shape index (κ3) is 4.59. The van der Waals surface area contributed by atoms with Crippen LogP contribution in [-0.4, -0.2) is 24.9 Å². The van der Waals surface area contributed by atoms with E-state index in [4.69, 9.17) is 5.14 Å². The number of hydrogen-bond donors (Lipinski definition) is 1. The Hall–Kier alpha value is -0.590. The topological polar surface area (TPSA) is 73.1 Å². The van der Waals surface area contributed by atoms with Crippen molar-refractivity contribution in [1.29, 1.82) is 0 Å². The average molecular weight is 232 g/mol. The molecule has 1 heterocycles. The van der Waals surface area contributed by atoms with Crippen molar-refractivity contribution >= 4 is 21.8 Å². The Morgan fingerprint density at radius 2 is 2.21 bits per heavy atom. The molecule has 0 atom stereocenters. The molecular weight excluding hydrogens is 220 g/mol. The lowest BCUT2D eigenvalue weighted by atomic mass is 10.3. The number of nitrogens with zero attached hydrogens (tertiary/aromatic N) is 1. The van der Waals surface area contributed by atoms with E-state index in [0.717, 1.165) is 10.6 Å². The van der Waals surface area contributed by atoms with E-state index in [-0.39, 0.29) is 5.75 Å². The van der Waals surface area contributed by atoms with Crippen LogP contribution in [0, 0.1) is 6.92 Å². The van der Waals surface area contributed by atoms with Crippen molar-refractivity contribution in [3.63, 3.8) is 0 Å². The van der Waals surface area contributed by atoms with Crippen LogP contribution < -0.4 is 5.14 Å². The molecule has 1 aromatic heterocycles. The van der Waals surface area contributed by atoms with E-state index < -0.39 is 10.0 Å². The number of nitrogens with two attached hydrogens (primary N) is 1. The van der Waals surface area contributed by atoms with Crippen molar-refractivity contribution in [1.82, 2.24) is 4.98 Å². The van der Waals surface area contributed by atoms with Gasteiger partial charge in [-0.1, -0.05) is 6.07 Å². The van der Waals surface area contributed by atoms with Gasteiger partial charge in [0.05, 0.1) is 10.8 Å². The van der Waals surface area contributed by atoms with Crippen molar-refractivity contribution in [2.45, 2.75) is 11.9 Å². The summed E-state index contributed by atoms with van der Waals surface area (Å²) in [7, 11) is -3.35. The molecule has 2 N–H and O–H groups in total. The zero-order chi connectivity index (χ0) is 10.6. The highest BCUT2D eigenvalue weighted by molar-refractivity contribution is 8.00. The van der Waals surface area contributed by atoms with E-state index in [9.17, 15) is 8.42 Å². The van der Waals surface area contributed by atoms with Crippen molar-refractivity contribution in [3.05, 3.63) is 23.9 Å². The molecule has 1 rings (SSSR count). The van der Waals surface area contributed by atoms with Crippen LogP contribution in [0.2, 0.25) is 0 Å². The number of pyridine rings is 1. The van der Waals surface area contributed by atoms with Crippen LogP contribution in [0.4, 0.5) is 0 Å². The number of aromatic nitrogens is 1. The van der Waals surface area contributed by atoms with Gasteiger partial charge in [0.25, 0.3) is 0 Å². The van der Waals surface area contributed by atoms with Crippen LogP contribution in [0.15, 0.2) is 23.4 Å². The number of hydrogen-bond acceptors (Lipinski definition) is 4. The second-order valence-electron chi connectivity index (χ2n) is 2.89. The average Bonchev–Trinajstić information content (AvgIpc) is 2.06. The molecule has 0 aliphatic heterocycles. The lowest BCUT2D eigenvalue weighted by Crippen LogP contribution is -2.17. The van der Waals surface area contributed by atoms with Gasteiger partial charge in [-0.3, -0.25) is 0 Å². The maximum Gasteiger partial charge on any atom is 0.209 e. The fourth-order valence-corrected chi connectivity index (χ4v) is 2.57. The van der Waals surface area contributed by atoms with Gasteiger partial charge in [-0.05, 0) is 18.6 Å². The highest BCUT2D eigenvalue weighted by Gasteiger charge is 2.03. The van der Waals surface area contributed by atoms with Gasteiger partial charge in [0.1, 0.15) is 0 Å². The quantitative estimate of drug-likeness (QED) is 0.778. The van der Waals surface area contributed by atoms with Crippen molar-refractivity contribution in [3.8, 4) is 0 Å². The minimum absolute atomic E-state index is 0.0206. The number of primary sulfonamides is 1. The molecule has 14 heavy (non-hydrogen) atoms. The van der Waals surface area contributed by atoms with Crippen LogP contribution in [-0.2, 0) is 10.0 Å². The number of aryl methyl sites for hydroxylation is 1. The van der Waals surface area contributed by atoms with Gasteiger partial charge in [-0.25, -0.2) is 18.5 Å². The van der Waals surface area contributed by atoms with Gasteiger partial charge in [0.15, 0.2) is 0 Å². The summed E-state index contributed by atoms with van der Waals surface area (Å²) in [6, 6.07) is 3.80. The van der Waals surface area contributed by atoms with Crippen molar-refractivity contribution < 1.29 is 8.42 Å². The lowest BCUT2D eigenvalue weighted by molar-refractivity contribution is 0.599. The SMILES string of the molecule is Cc1ccc(SCCS(N)(=O)=O)nc1. The molecule has 0 aromatic carbocycles. The minimum atomic E-state index is -3.35. The smallest absolute Gasteiger partial charge is 0.209 e. The van der Waals surface area contributed by atoms with Crippen LogP contribution >= 0.6 is 11.8 Å². The molecule has 4 nitrogen and oxygen atoms in total. The third-order valence-corrected chi connectivity index (χ3v) is 3.48. The molecule has 0 spiro atoms. The van der Waals surface area contributed by atoms with Gasteiger partial charge >= 0.3 is 0 Å². The molecule has 0 aliphatic carbocycles. The van der Waals surface area contributed by atoms with E-state index in [1.165, 1.54) is 11.8 Å². The molecule has 6 heteroatoms. The Labute approximate surface area is 88.0 Å². The summed E-state index contributed by atoms with van der Waals surface area (Å²) in [5.41, 5.74) is 1.08. The van der Waals surface area contributed by atoms with Crippen LogP contribution in [0.1, 0.15) is 5.56 Å². The molecule has 0 amide bonds. The molecule has 78 valence electrons. The molecule has 0 fully saturated rings. The standard InChI is InChI=1S/C8H12N2O2S2/c1-7-2-3-8(10-6-7)13-4-5-14(9,11)12/h2-3,6H,4-5H2,1H3,(H2,9,11,12). The largest absolute Gasteiger partial charge is 0.250 e. The third-order valence-electron chi connectivity index (χ3n) is 1.50. The Bertz CT molecular complexity index is 386. The predicted molar refractivity (Wildman–Crippen MR) is 57.7 cm³/mol. The second kappa shape index (κ2) is 4.77.